The third kappa shape index (κ3) is 5.40. The number of H-pyrrole nitrogens is 1. The number of carbonyl (C=O) groups excluding carboxylic acids is 1. The van der Waals surface area contributed by atoms with Gasteiger partial charge in [0, 0.05) is 5.56 Å². The van der Waals surface area contributed by atoms with Crippen molar-refractivity contribution in [1.29, 1.82) is 0 Å². The molecule has 0 atom stereocenters. The first-order valence-electron chi connectivity index (χ1n) is 10.0. The summed E-state index contributed by atoms with van der Waals surface area (Å²) in [6, 6.07) is 26.6. The van der Waals surface area contributed by atoms with Crippen LogP contribution < -0.4 is 14.9 Å². The maximum absolute atomic E-state index is 12.3. The Kier molecular flexibility index (Phi) is 6.57. The van der Waals surface area contributed by atoms with Crippen LogP contribution in [0, 0.1) is 0 Å². The third-order valence-corrected chi connectivity index (χ3v) is 4.72. The number of rotatable bonds is 8. The number of aromatic amines is 1. The zero-order valence-electron chi connectivity index (χ0n) is 17.5. The fourth-order valence-electron chi connectivity index (χ4n) is 2.96. The molecule has 0 aliphatic rings. The molecule has 0 spiro atoms. The van der Waals surface area contributed by atoms with Gasteiger partial charge in [-0.15, -0.1) is 0 Å². The molecule has 1 amide bonds. The Bertz CT molecular complexity index is 1180. The highest BCUT2D eigenvalue weighted by Gasteiger charge is 2.10. The number of hydrazone groups is 1. The fourth-order valence-corrected chi connectivity index (χ4v) is 2.96. The molecule has 0 bridgehead atoms. The summed E-state index contributed by atoms with van der Waals surface area (Å²) in [6.45, 7) is 0.504. The number of aromatic nitrogens is 2. The summed E-state index contributed by atoms with van der Waals surface area (Å²) in [5.41, 5.74) is 6.28. The molecule has 160 valence electrons. The van der Waals surface area contributed by atoms with Crippen LogP contribution in [0.3, 0.4) is 0 Å². The van der Waals surface area contributed by atoms with Crippen molar-refractivity contribution in [1.82, 2.24) is 15.6 Å². The Balaban J connectivity index is 1.33. The molecule has 1 heterocycles. The molecule has 0 aliphatic heterocycles. The zero-order chi connectivity index (χ0) is 22.2. The van der Waals surface area contributed by atoms with Gasteiger partial charge in [-0.1, -0.05) is 30.3 Å². The average Bonchev–Trinajstić information content (AvgIpc) is 3.35. The smallest absolute Gasteiger partial charge is 0.289 e. The molecule has 1 aromatic heterocycles. The van der Waals surface area contributed by atoms with Crippen LogP contribution in [-0.2, 0) is 6.61 Å². The van der Waals surface area contributed by atoms with E-state index in [-0.39, 0.29) is 5.91 Å². The molecule has 3 aromatic carbocycles. The lowest BCUT2D eigenvalue weighted by atomic mass is 10.1. The summed E-state index contributed by atoms with van der Waals surface area (Å²) >= 11 is 0. The Labute approximate surface area is 185 Å². The van der Waals surface area contributed by atoms with Gasteiger partial charge in [-0.25, -0.2) is 5.43 Å². The van der Waals surface area contributed by atoms with Gasteiger partial charge in [0.05, 0.1) is 19.0 Å². The van der Waals surface area contributed by atoms with Crippen molar-refractivity contribution >= 4 is 12.1 Å². The first-order chi connectivity index (χ1) is 15.7. The van der Waals surface area contributed by atoms with E-state index in [1.807, 2.05) is 78.9 Å². The number of amides is 1. The minimum absolute atomic E-state index is 0.316. The summed E-state index contributed by atoms with van der Waals surface area (Å²) in [4.78, 5) is 12.3. The predicted molar refractivity (Wildman–Crippen MR) is 123 cm³/mol. The predicted octanol–water partition coefficient (Wildman–Crippen LogP) is 4.43. The number of benzene rings is 3. The minimum atomic E-state index is -0.378. The van der Waals surface area contributed by atoms with Crippen molar-refractivity contribution in [3.8, 4) is 22.8 Å². The number of carbonyl (C=O) groups is 1. The van der Waals surface area contributed by atoms with E-state index >= 15 is 0 Å². The second-order valence-electron chi connectivity index (χ2n) is 6.94. The van der Waals surface area contributed by atoms with E-state index in [0.717, 1.165) is 28.2 Å². The van der Waals surface area contributed by atoms with E-state index in [0.29, 0.717) is 18.0 Å². The van der Waals surface area contributed by atoms with Gasteiger partial charge in [0.25, 0.3) is 5.91 Å². The average molecular weight is 426 g/mol. The van der Waals surface area contributed by atoms with Crippen LogP contribution in [0.25, 0.3) is 11.3 Å². The lowest BCUT2D eigenvalue weighted by Crippen LogP contribution is -2.17. The lowest BCUT2D eigenvalue weighted by Gasteiger charge is -2.06. The highest BCUT2D eigenvalue weighted by Crippen LogP contribution is 2.22. The molecule has 0 unspecified atom stereocenters. The van der Waals surface area contributed by atoms with Crippen molar-refractivity contribution < 1.29 is 14.3 Å². The molecular formula is C25H22N4O3. The van der Waals surface area contributed by atoms with Crippen LogP contribution in [0.2, 0.25) is 0 Å². The van der Waals surface area contributed by atoms with E-state index in [9.17, 15) is 4.79 Å². The normalized spacial score (nSPS) is 10.8. The van der Waals surface area contributed by atoms with Gasteiger partial charge in [0.1, 0.15) is 23.8 Å². The number of hydrogen-bond donors (Lipinski definition) is 2. The number of nitrogens with zero attached hydrogens (tertiary/aromatic N) is 2. The van der Waals surface area contributed by atoms with Gasteiger partial charge in [-0.05, 0) is 65.7 Å². The van der Waals surface area contributed by atoms with Crippen molar-refractivity contribution in [3.63, 3.8) is 0 Å². The van der Waals surface area contributed by atoms with Gasteiger partial charge < -0.3 is 9.47 Å². The zero-order valence-corrected chi connectivity index (χ0v) is 17.5. The molecule has 2 N–H and O–H groups in total. The summed E-state index contributed by atoms with van der Waals surface area (Å²) in [6.07, 6.45) is 1.56. The molecule has 4 aromatic rings. The largest absolute Gasteiger partial charge is 0.497 e. The van der Waals surface area contributed by atoms with E-state index < -0.39 is 0 Å². The first kappa shape index (κ1) is 20.9. The van der Waals surface area contributed by atoms with Gasteiger partial charge in [0.2, 0.25) is 0 Å². The highest BCUT2D eigenvalue weighted by atomic mass is 16.5. The van der Waals surface area contributed by atoms with Crippen molar-refractivity contribution in [2.75, 3.05) is 7.11 Å². The molecule has 0 radical (unpaired) electrons. The molecule has 7 heteroatoms. The Morgan fingerprint density at radius 3 is 2.44 bits per heavy atom. The van der Waals surface area contributed by atoms with Gasteiger partial charge in [-0.2, -0.15) is 10.2 Å². The van der Waals surface area contributed by atoms with E-state index in [4.69, 9.17) is 9.47 Å². The van der Waals surface area contributed by atoms with Crippen molar-refractivity contribution in [2.24, 2.45) is 5.10 Å². The second kappa shape index (κ2) is 10.1. The molecule has 32 heavy (non-hydrogen) atoms. The van der Waals surface area contributed by atoms with Crippen LogP contribution in [-0.4, -0.2) is 29.4 Å². The quantitative estimate of drug-likeness (QED) is 0.322. The van der Waals surface area contributed by atoms with E-state index in [2.05, 4.69) is 20.7 Å². The maximum Gasteiger partial charge on any atom is 0.289 e. The summed E-state index contributed by atoms with van der Waals surface area (Å²) in [5.74, 6) is 1.14. The second-order valence-corrected chi connectivity index (χ2v) is 6.94. The topological polar surface area (TPSA) is 88.6 Å². The Morgan fingerprint density at radius 1 is 1.00 bits per heavy atom. The molecule has 0 saturated heterocycles. The summed E-state index contributed by atoms with van der Waals surface area (Å²) < 4.78 is 10.9. The number of nitrogens with one attached hydrogen (secondary N) is 2. The van der Waals surface area contributed by atoms with Crippen LogP contribution in [0.1, 0.15) is 21.6 Å². The highest BCUT2D eigenvalue weighted by molar-refractivity contribution is 5.94. The Morgan fingerprint density at radius 2 is 1.72 bits per heavy atom. The lowest BCUT2D eigenvalue weighted by molar-refractivity contribution is 0.0950. The minimum Gasteiger partial charge on any atom is -0.497 e. The molecule has 0 aliphatic carbocycles. The standard InChI is InChI=1S/C25H22N4O3/c1-31-21-11-7-18(8-12-21)16-26-29-25(30)24-15-23(27-28-24)20-9-13-22(14-10-20)32-17-19-5-3-2-4-6-19/h2-16H,17H2,1H3,(H,27,28)(H,29,30). The van der Waals surface area contributed by atoms with Crippen molar-refractivity contribution in [3.05, 3.63) is 102 Å². The van der Waals surface area contributed by atoms with Crippen LogP contribution in [0.15, 0.2) is 90.0 Å². The first-order valence-corrected chi connectivity index (χ1v) is 10.0. The molecule has 4 rings (SSSR count). The number of hydrogen-bond acceptors (Lipinski definition) is 5. The van der Waals surface area contributed by atoms with Crippen LogP contribution >= 0.6 is 0 Å². The molecule has 0 fully saturated rings. The molecule has 0 saturated carbocycles. The van der Waals surface area contributed by atoms with Gasteiger partial charge in [-0.3, -0.25) is 9.89 Å². The third-order valence-electron chi connectivity index (χ3n) is 4.72. The summed E-state index contributed by atoms with van der Waals surface area (Å²) in [7, 11) is 1.61. The van der Waals surface area contributed by atoms with Crippen LogP contribution in [0.4, 0.5) is 0 Å². The maximum atomic E-state index is 12.3. The van der Waals surface area contributed by atoms with Crippen LogP contribution in [0.5, 0.6) is 11.5 Å². The van der Waals surface area contributed by atoms with Crippen molar-refractivity contribution in [2.45, 2.75) is 6.61 Å². The number of ether oxygens (including phenoxy) is 2. The van der Waals surface area contributed by atoms with Gasteiger partial charge in [0.15, 0.2) is 0 Å². The monoisotopic (exact) mass is 426 g/mol. The molecule has 7 nitrogen and oxygen atoms in total. The number of methoxy groups -OCH3 is 1. The SMILES string of the molecule is COc1ccc(C=NNC(=O)c2cc(-c3ccc(OCc4ccccc4)cc3)n[nH]2)cc1. The fraction of sp³-hybridized carbons (Fsp3) is 0.0800. The Hall–Kier alpha value is -4.39. The molecular weight excluding hydrogens is 404 g/mol. The summed E-state index contributed by atoms with van der Waals surface area (Å²) in [5, 5.41) is 11.0. The van der Waals surface area contributed by atoms with E-state index in [1.54, 1.807) is 19.4 Å². The van der Waals surface area contributed by atoms with E-state index in [1.165, 1.54) is 0 Å². The van der Waals surface area contributed by atoms with Gasteiger partial charge >= 0.3 is 0 Å².